The summed E-state index contributed by atoms with van der Waals surface area (Å²) in [6, 6.07) is 13.5. The number of aryl methyl sites for hydroxylation is 1. The number of nitrogens with zero attached hydrogens (tertiary/aromatic N) is 1. The summed E-state index contributed by atoms with van der Waals surface area (Å²) in [5.74, 6) is -0.228. The van der Waals surface area contributed by atoms with Gasteiger partial charge in [-0.05, 0) is 37.1 Å². The van der Waals surface area contributed by atoms with Gasteiger partial charge in [0.25, 0.3) is 0 Å². The molecule has 1 aromatic carbocycles. The second kappa shape index (κ2) is 7.45. The van der Waals surface area contributed by atoms with Gasteiger partial charge in [-0.3, -0.25) is 9.59 Å². The van der Waals surface area contributed by atoms with Crippen LogP contribution < -0.4 is 5.32 Å². The normalized spacial score (nSPS) is 17.6. The minimum atomic E-state index is -0.420. The van der Waals surface area contributed by atoms with E-state index in [1.807, 2.05) is 49.4 Å². The minimum absolute atomic E-state index is 0.00688. The van der Waals surface area contributed by atoms with Crippen LogP contribution in [0.3, 0.4) is 0 Å². The monoisotopic (exact) mass is 340 g/mol. The van der Waals surface area contributed by atoms with E-state index in [0.29, 0.717) is 19.5 Å². The van der Waals surface area contributed by atoms with Crippen LogP contribution in [0, 0.1) is 6.92 Å². The van der Waals surface area contributed by atoms with Gasteiger partial charge in [0.15, 0.2) is 0 Å². The molecule has 1 aromatic heterocycles. The van der Waals surface area contributed by atoms with Gasteiger partial charge >= 0.3 is 0 Å². The van der Waals surface area contributed by atoms with Gasteiger partial charge in [-0.2, -0.15) is 0 Å². The van der Waals surface area contributed by atoms with Crippen molar-refractivity contribution in [2.45, 2.75) is 25.9 Å². The highest BCUT2D eigenvalue weighted by Crippen LogP contribution is 2.17. The average molecular weight is 340 g/mol. The molecule has 1 unspecified atom stereocenters. The third-order valence-electron chi connectivity index (χ3n) is 3.99. The van der Waals surface area contributed by atoms with Crippen LogP contribution in [0.1, 0.15) is 21.7 Å². The Hall–Kier alpha value is -2.40. The van der Waals surface area contributed by atoms with Crippen LogP contribution in [0.15, 0.2) is 48.5 Å². The van der Waals surface area contributed by atoms with Crippen molar-refractivity contribution in [1.29, 1.82) is 0 Å². The minimum Gasteiger partial charge on any atom is -0.341 e. The molecular weight excluding hydrogens is 320 g/mol. The van der Waals surface area contributed by atoms with Crippen LogP contribution in [0.5, 0.6) is 0 Å². The number of amides is 2. The summed E-state index contributed by atoms with van der Waals surface area (Å²) in [5, 5.41) is 2.81. The van der Waals surface area contributed by atoms with Crippen molar-refractivity contribution in [2.75, 3.05) is 6.54 Å². The molecule has 0 aliphatic carbocycles. The Kier molecular flexibility index (Phi) is 5.11. The van der Waals surface area contributed by atoms with Crippen molar-refractivity contribution >= 4 is 29.2 Å². The number of hydrogen-bond acceptors (Lipinski definition) is 3. The largest absolute Gasteiger partial charge is 0.341 e. The molecule has 0 saturated carbocycles. The molecule has 1 fully saturated rings. The summed E-state index contributed by atoms with van der Waals surface area (Å²) < 4.78 is 0. The van der Waals surface area contributed by atoms with Crippen molar-refractivity contribution in [3.63, 3.8) is 0 Å². The van der Waals surface area contributed by atoms with E-state index in [0.717, 1.165) is 10.4 Å². The molecule has 5 heteroatoms. The van der Waals surface area contributed by atoms with Crippen LogP contribution in [-0.4, -0.2) is 29.3 Å². The smallest absolute Gasteiger partial charge is 0.245 e. The van der Waals surface area contributed by atoms with Crippen molar-refractivity contribution in [3.8, 4) is 0 Å². The number of thiophene rings is 1. The van der Waals surface area contributed by atoms with Gasteiger partial charge in [0.2, 0.25) is 11.8 Å². The highest BCUT2D eigenvalue weighted by atomic mass is 32.1. The summed E-state index contributed by atoms with van der Waals surface area (Å²) in [6.07, 6.45) is 3.94. The standard InChI is InChI=1S/C19H20N2O2S/c1-14-7-8-16(24-14)9-10-18(22)20-17-11-12-21(19(17)23)13-15-5-3-2-4-6-15/h2-10,17H,11-13H2,1H3,(H,20,22)/b10-9+. The van der Waals surface area contributed by atoms with Crippen molar-refractivity contribution in [2.24, 2.45) is 0 Å². The first kappa shape index (κ1) is 16.5. The summed E-state index contributed by atoms with van der Waals surface area (Å²) in [7, 11) is 0. The fourth-order valence-electron chi connectivity index (χ4n) is 2.75. The topological polar surface area (TPSA) is 49.4 Å². The lowest BCUT2D eigenvalue weighted by Crippen LogP contribution is -2.40. The average Bonchev–Trinajstić information content (AvgIpc) is 3.14. The lowest BCUT2D eigenvalue weighted by atomic mass is 10.2. The van der Waals surface area contributed by atoms with E-state index < -0.39 is 6.04 Å². The number of carbonyl (C=O) groups excluding carboxylic acids is 2. The zero-order valence-electron chi connectivity index (χ0n) is 13.6. The zero-order chi connectivity index (χ0) is 16.9. The second-order valence-electron chi connectivity index (χ2n) is 5.88. The highest BCUT2D eigenvalue weighted by molar-refractivity contribution is 7.12. The van der Waals surface area contributed by atoms with Gasteiger partial charge in [0.05, 0.1) is 0 Å². The first-order valence-electron chi connectivity index (χ1n) is 7.99. The number of nitrogens with one attached hydrogen (secondary N) is 1. The Morgan fingerprint density at radius 1 is 1.29 bits per heavy atom. The number of benzene rings is 1. The molecule has 4 nitrogen and oxygen atoms in total. The molecule has 2 amide bonds. The van der Waals surface area contributed by atoms with Crippen molar-refractivity contribution in [3.05, 3.63) is 63.9 Å². The molecule has 1 saturated heterocycles. The van der Waals surface area contributed by atoms with Crippen LogP contribution in [0.2, 0.25) is 0 Å². The molecule has 1 aliphatic heterocycles. The zero-order valence-corrected chi connectivity index (χ0v) is 14.4. The van der Waals surface area contributed by atoms with Gasteiger partial charge in [-0.25, -0.2) is 0 Å². The number of carbonyl (C=O) groups is 2. The first-order chi connectivity index (χ1) is 11.6. The first-order valence-corrected chi connectivity index (χ1v) is 8.81. The van der Waals surface area contributed by atoms with Gasteiger partial charge in [-0.1, -0.05) is 30.3 Å². The Labute approximate surface area is 145 Å². The highest BCUT2D eigenvalue weighted by Gasteiger charge is 2.32. The van der Waals surface area contributed by atoms with Gasteiger partial charge in [0, 0.05) is 28.9 Å². The summed E-state index contributed by atoms with van der Waals surface area (Å²) in [5.41, 5.74) is 1.10. The number of hydrogen-bond donors (Lipinski definition) is 1. The van der Waals surface area contributed by atoms with Gasteiger partial charge < -0.3 is 10.2 Å². The van der Waals surface area contributed by atoms with E-state index in [9.17, 15) is 9.59 Å². The molecule has 0 bridgehead atoms. The molecular formula is C19H20N2O2S. The van der Waals surface area contributed by atoms with E-state index in [-0.39, 0.29) is 11.8 Å². The maximum absolute atomic E-state index is 12.4. The third-order valence-corrected chi connectivity index (χ3v) is 4.96. The third kappa shape index (κ3) is 4.11. The van der Waals surface area contributed by atoms with Crippen LogP contribution in [-0.2, 0) is 16.1 Å². The Morgan fingerprint density at radius 3 is 2.79 bits per heavy atom. The van der Waals surface area contributed by atoms with E-state index >= 15 is 0 Å². The fraction of sp³-hybridized carbons (Fsp3) is 0.263. The summed E-state index contributed by atoms with van der Waals surface area (Å²) in [6.45, 7) is 3.30. The van der Waals surface area contributed by atoms with Crippen molar-refractivity contribution in [1.82, 2.24) is 10.2 Å². The molecule has 1 atom stereocenters. The van der Waals surface area contributed by atoms with Gasteiger partial charge in [0.1, 0.15) is 6.04 Å². The maximum Gasteiger partial charge on any atom is 0.245 e. The quantitative estimate of drug-likeness (QED) is 0.851. The predicted molar refractivity (Wildman–Crippen MR) is 96.5 cm³/mol. The molecule has 2 heterocycles. The Balaban J connectivity index is 1.53. The van der Waals surface area contributed by atoms with Crippen LogP contribution >= 0.6 is 11.3 Å². The summed E-state index contributed by atoms with van der Waals surface area (Å²) >= 11 is 1.63. The predicted octanol–water partition coefficient (Wildman–Crippen LogP) is 2.99. The van der Waals surface area contributed by atoms with Crippen LogP contribution in [0.25, 0.3) is 6.08 Å². The van der Waals surface area contributed by atoms with E-state index in [2.05, 4.69) is 5.32 Å². The molecule has 1 N–H and O–H groups in total. The Morgan fingerprint density at radius 2 is 2.08 bits per heavy atom. The number of likely N-dealkylation sites (tertiary alicyclic amines) is 1. The Bertz CT molecular complexity index is 752. The molecule has 0 radical (unpaired) electrons. The maximum atomic E-state index is 12.4. The van der Waals surface area contributed by atoms with Gasteiger partial charge in [-0.15, -0.1) is 11.3 Å². The van der Waals surface area contributed by atoms with E-state index in [1.165, 1.54) is 11.0 Å². The van der Waals surface area contributed by atoms with Crippen molar-refractivity contribution < 1.29 is 9.59 Å². The second-order valence-corrected chi connectivity index (χ2v) is 7.20. The molecule has 0 spiro atoms. The molecule has 124 valence electrons. The van der Waals surface area contributed by atoms with Crippen LogP contribution in [0.4, 0.5) is 0 Å². The number of rotatable bonds is 5. The van der Waals surface area contributed by atoms with E-state index in [1.54, 1.807) is 22.3 Å². The SMILES string of the molecule is Cc1ccc(/C=C/C(=O)NC2CCN(Cc3ccccc3)C2=O)s1. The van der Waals surface area contributed by atoms with E-state index in [4.69, 9.17) is 0 Å². The molecule has 24 heavy (non-hydrogen) atoms. The lowest BCUT2D eigenvalue weighted by molar-refractivity contribution is -0.132. The molecule has 1 aliphatic rings. The lowest BCUT2D eigenvalue weighted by Gasteiger charge is -2.16. The molecule has 3 rings (SSSR count). The fourth-order valence-corrected chi connectivity index (χ4v) is 3.53. The molecule has 2 aromatic rings. The summed E-state index contributed by atoms with van der Waals surface area (Å²) in [4.78, 5) is 28.5.